The van der Waals surface area contributed by atoms with Gasteiger partial charge in [0.25, 0.3) is 5.56 Å². The third-order valence-electron chi connectivity index (χ3n) is 5.93. The van der Waals surface area contributed by atoms with Crippen LogP contribution >= 0.6 is 22.9 Å². The fourth-order valence-electron chi connectivity index (χ4n) is 4.07. The third-order valence-corrected chi connectivity index (χ3v) is 7.37. The molecular weight excluding hydrogens is 428 g/mol. The van der Waals surface area contributed by atoms with Crippen LogP contribution in [0.15, 0.2) is 65.7 Å². The summed E-state index contributed by atoms with van der Waals surface area (Å²) in [6, 6.07) is 16.3. The molecule has 0 bridgehead atoms. The summed E-state index contributed by atoms with van der Waals surface area (Å²) < 4.78 is 2.42. The Balaban J connectivity index is 1.44. The number of hydrogen-bond donors (Lipinski definition) is 0. The molecule has 1 aliphatic heterocycles. The van der Waals surface area contributed by atoms with Gasteiger partial charge in [0, 0.05) is 40.6 Å². The summed E-state index contributed by atoms with van der Waals surface area (Å²) in [6.45, 7) is 1.98. The van der Waals surface area contributed by atoms with Gasteiger partial charge in [-0.2, -0.15) is 0 Å². The number of likely N-dealkylation sites (N-methyl/N-ethyl adjacent to an activating group) is 1. The standard InChI is InChI=1S/C24H23ClN4OS/c1-27(2)20-10-11-28(15-20)22-8-7-19(14-26-22)29-12-9-17-13-21(31-23(17)24(29)30)16-3-5-18(25)6-4-16/h3-9,12-14,20H,10-11,15H2,1-2H3/t20-/m0/s1. The van der Waals surface area contributed by atoms with E-state index < -0.39 is 0 Å². The van der Waals surface area contributed by atoms with E-state index in [0.29, 0.717) is 11.1 Å². The zero-order valence-corrected chi connectivity index (χ0v) is 19.0. The first kappa shape index (κ1) is 20.2. The highest BCUT2D eigenvalue weighted by atomic mass is 35.5. The minimum absolute atomic E-state index is 0.0221. The summed E-state index contributed by atoms with van der Waals surface area (Å²) in [5, 5.41) is 1.65. The lowest BCUT2D eigenvalue weighted by atomic mass is 10.2. The molecule has 0 radical (unpaired) electrons. The first-order valence-electron chi connectivity index (χ1n) is 10.3. The number of halogens is 1. The Morgan fingerprint density at radius 3 is 2.61 bits per heavy atom. The Hall–Kier alpha value is -2.67. The number of aromatic nitrogens is 2. The molecule has 158 valence electrons. The van der Waals surface area contributed by atoms with Gasteiger partial charge in [-0.3, -0.25) is 9.36 Å². The predicted molar refractivity (Wildman–Crippen MR) is 130 cm³/mol. The van der Waals surface area contributed by atoms with Crippen LogP contribution in [0.3, 0.4) is 0 Å². The molecule has 0 spiro atoms. The summed E-state index contributed by atoms with van der Waals surface area (Å²) in [7, 11) is 4.24. The van der Waals surface area contributed by atoms with Gasteiger partial charge < -0.3 is 9.80 Å². The molecule has 0 unspecified atom stereocenters. The van der Waals surface area contributed by atoms with Crippen molar-refractivity contribution in [2.24, 2.45) is 0 Å². The lowest BCUT2D eigenvalue weighted by molar-refractivity contribution is 0.315. The Morgan fingerprint density at radius 1 is 1.13 bits per heavy atom. The number of rotatable bonds is 4. The Labute approximate surface area is 190 Å². The van der Waals surface area contributed by atoms with Crippen molar-refractivity contribution in [1.29, 1.82) is 0 Å². The van der Waals surface area contributed by atoms with Gasteiger partial charge >= 0.3 is 0 Å². The summed E-state index contributed by atoms with van der Waals surface area (Å²) >= 11 is 7.51. The third kappa shape index (κ3) is 3.87. The maximum atomic E-state index is 13.2. The van der Waals surface area contributed by atoms with Crippen molar-refractivity contribution in [3.05, 3.63) is 76.3 Å². The van der Waals surface area contributed by atoms with E-state index in [1.54, 1.807) is 10.8 Å². The van der Waals surface area contributed by atoms with Gasteiger partial charge in [-0.05, 0) is 62.5 Å². The van der Waals surface area contributed by atoms with Crippen LogP contribution < -0.4 is 10.5 Å². The molecule has 5 nitrogen and oxygen atoms in total. The molecule has 31 heavy (non-hydrogen) atoms. The molecule has 5 rings (SSSR count). The van der Waals surface area contributed by atoms with Crippen LogP contribution in [0.2, 0.25) is 5.02 Å². The van der Waals surface area contributed by atoms with E-state index in [1.807, 2.05) is 48.7 Å². The molecule has 1 atom stereocenters. The molecular formula is C24H23ClN4OS. The second kappa shape index (κ2) is 8.11. The van der Waals surface area contributed by atoms with Crippen LogP contribution in [-0.4, -0.2) is 47.7 Å². The Morgan fingerprint density at radius 2 is 1.94 bits per heavy atom. The fourth-order valence-corrected chi connectivity index (χ4v) is 5.28. The maximum Gasteiger partial charge on any atom is 0.273 e. The molecule has 7 heteroatoms. The smallest absolute Gasteiger partial charge is 0.273 e. The van der Waals surface area contributed by atoms with Crippen LogP contribution in [0.25, 0.3) is 26.2 Å². The zero-order valence-electron chi connectivity index (χ0n) is 17.5. The summed E-state index contributed by atoms with van der Waals surface area (Å²) in [5.41, 5.74) is 1.82. The molecule has 4 heterocycles. The van der Waals surface area contributed by atoms with Crippen molar-refractivity contribution < 1.29 is 0 Å². The Kier molecular flexibility index (Phi) is 5.30. The summed E-state index contributed by atoms with van der Waals surface area (Å²) in [5.74, 6) is 0.961. The highest BCUT2D eigenvalue weighted by Gasteiger charge is 2.24. The second-order valence-corrected chi connectivity index (χ2v) is 9.61. The average molecular weight is 451 g/mol. The molecule has 0 aliphatic carbocycles. The lowest BCUT2D eigenvalue weighted by Gasteiger charge is -2.21. The Bertz CT molecular complexity index is 1280. The first-order chi connectivity index (χ1) is 15.0. The van der Waals surface area contributed by atoms with Crippen LogP contribution in [-0.2, 0) is 0 Å². The second-order valence-electron chi connectivity index (χ2n) is 8.12. The van der Waals surface area contributed by atoms with Gasteiger partial charge in [0.1, 0.15) is 10.5 Å². The van der Waals surface area contributed by atoms with E-state index in [4.69, 9.17) is 11.6 Å². The van der Waals surface area contributed by atoms with Crippen LogP contribution in [0.1, 0.15) is 6.42 Å². The van der Waals surface area contributed by atoms with Crippen molar-refractivity contribution in [1.82, 2.24) is 14.5 Å². The fraction of sp³-hybridized carbons (Fsp3) is 0.250. The van der Waals surface area contributed by atoms with Crippen molar-refractivity contribution >= 4 is 38.8 Å². The average Bonchev–Trinajstić information content (AvgIpc) is 3.43. The normalized spacial score (nSPS) is 16.5. The molecule has 0 amide bonds. The first-order valence-corrected chi connectivity index (χ1v) is 11.5. The molecule has 1 aliphatic rings. The molecule has 1 aromatic carbocycles. The van der Waals surface area contributed by atoms with Crippen molar-refractivity contribution in [2.75, 3.05) is 32.1 Å². The number of benzene rings is 1. The van der Waals surface area contributed by atoms with Crippen molar-refractivity contribution in [3.8, 4) is 16.1 Å². The number of nitrogens with zero attached hydrogens (tertiary/aromatic N) is 4. The topological polar surface area (TPSA) is 41.4 Å². The highest BCUT2D eigenvalue weighted by Crippen LogP contribution is 2.32. The number of hydrogen-bond acceptors (Lipinski definition) is 5. The predicted octanol–water partition coefficient (Wildman–Crippen LogP) is 4.91. The molecule has 0 saturated carbocycles. The van der Waals surface area contributed by atoms with Crippen LogP contribution in [0.5, 0.6) is 0 Å². The minimum Gasteiger partial charge on any atom is -0.355 e. The molecule has 3 aromatic heterocycles. The van der Waals surface area contributed by atoms with E-state index in [0.717, 1.165) is 51.5 Å². The van der Waals surface area contributed by atoms with Crippen molar-refractivity contribution in [2.45, 2.75) is 12.5 Å². The van der Waals surface area contributed by atoms with E-state index >= 15 is 0 Å². The molecule has 4 aromatic rings. The van der Waals surface area contributed by atoms with E-state index in [1.165, 1.54) is 11.3 Å². The van der Waals surface area contributed by atoms with E-state index in [2.05, 4.69) is 34.9 Å². The quantitative estimate of drug-likeness (QED) is 0.443. The maximum absolute atomic E-state index is 13.2. The van der Waals surface area contributed by atoms with Gasteiger partial charge in [-0.15, -0.1) is 11.3 Å². The molecule has 1 saturated heterocycles. The number of pyridine rings is 2. The van der Waals surface area contributed by atoms with E-state index in [9.17, 15) is 4.79 Å². The SMILES string of the molecule is CN(C)[C@H]1CCN(c2ccc(-n3ccc4cc(-c5ccc(Cl)cc5)sc4c3=O)cn2)C1. The number of thiophene rings is 1. The van der Waals surface area contributed by atoms with Gasteiger partial charge in [0.2, 0.25) is 0 Å². The van der Waals surface area contributed by atoms with Gasteiger partial charge in [0.05, 0.1) is 11.9 Å². The monoisotopic (exact) mass is 450 g/mol. The van der Waals surface area contributed by atoms with Crippen molar-refractivity contribution in [3.63, 3.8) is 0 Å². The minimum atomic E-state index is -0.0221. The highest BCUT2D eigenvalue weighted by molar-refractivity contribution is 7.22. The van der Waals surface area contributed by atoms with Gasteiger partial charge in [-0.1, -0.05) is 23.7 Å². The lowest BCUT2D eigenvalue weighted by Crippen LogP contribution is -2.31. The van der Waals surface area contributed by atoms with Gasteiger partial charge in [-0.25, -0.2) is 4.98 Å². The number of anilines is 1. The molecule has 0 N–H and O–H groups in total. The zero-order chi connectivity index (χ0) is 21.5. The molecule has 1 fully saturated rings. The largest absolute Gasteiger partial charge is 0.355 e. The summed E-state index contributed by atoms with van der Waals surface area (Å²) in [4.78, 5) is 23.5. The number of fused-ring (bicyclic) bond motifs is 1. The summed E-state index contributed by atoms with van der Waals surface area (Å²) in [6.07, 6.45) is 4.76. The van der Waals surface area contributed by atoms with Gasteiger partial charge in [0.15, 0.2) is 0 Å². The van der Waals surface area contributed by atoms with E-state index in [-0.39, 0.29) is 5.56 Å². The van der Waals surface area contributed by atoms with Crippen LogP contribution in [0.4, 0.5) is 5.82 Å². The van der Waals surface area contributed by atoms with Crippen LogP contribution in [0, 0.1) is 0 Å².